The second kappa shape index (κ2) is 8.20. The number of fused-ring (bicyclic) bond motifs is 1. The molecular formula is C22H21ClFN7O2. The molecule has 1 aliphatic heterocycles. The Morgan fingerprint density at radius 1 is 1.15 bits per heavy atom. The Morgan fingerprint density at radius 2 is 1.97 bits per heavy atom. The Morgan fingerprint density at radius 3 is 2.70 bits per heavy atom. The van der Waals surface area contributed by atoms with E-state index in [4.69, 9.17) is 16.3 Å². The van der Waals surface area contributed by atoms with E-state index in [1.165, 1.54) is 16.7 Å². The number of morpholine rings is 1. The van der Waals surface area contributed by atoms with Gasteiger partial charge in [0.15, 0.2) is 5.52 Å². The lowest BCUT2D eigenvalue weighted by Gasteiger charge is -2.32. The van der Waals surface area contributed by atoms with Gasteiger partial charge in [-0.2, -0.15) is 5.10 Å². The first-order chi connectivity index (χ1) is 15.8. The van der Waals surface area contributed by atoms with E-state index in [2.05, 4.69) is 20.1 Å². The molecular weight excluding hydrogens is 449 g/mol. The topological polar surface area (TPSA) is 91.0 Å². The summed E-state index contributed by atoms with van der Waals surface area (Å²) in [5, 5.41) is 4.70. The summed E-state index contributed by atoms with van der Waals surface area (Å²) in [4.78, 5) is 28.7. The number of benzene rings is 1. The van der Waals surface area contributed by atoms with Crippen molar-refractivity contribution in [3.63, 3.8) is 0 Å². The number of rotatable bonds is 3. The molecule has 5 rings (SSSR count). The number of aromatic nitrogens is 6. The van der Waals surface area contributed by atoms with Gasteiger partial charge in [-0.1, -0.05) is 11.6 Å². The summed E-state index contributed by atoms with van der Waals surface area (Å²) in [6.07, 6.45) is 1.57. The minimum atomic E-state index is -0.554. The highest BCUT2D eigenvalue weighted by Crippen LogP contribution is 2.31. The molecule has 1 fully saturated rings. The summed E-state index contributed by atoms with van der Waals surface area (Å²) in [7, 11) is 3.47. The molecule has 3 aromatic heterocycles. The SMILES string of the molecule is Cc1nc2c(-c3ccc(Cl)cc3F)nc(N3CCOC(c4ccn(C)n4)C3)nc2c(=O)n1C. The highest BCUT2D eigenvalue weighted by atomic mass is 35.5. The fourth-order valence-corrected chi connectivity index (χ4v) is 4.02. The number of hydrogen-bond acceptors (Lipinski definition) is 7. The zero-order valence-electron chi connectivity index (χ0n) is 18.3. The van der Waals surface area contributed by atoms with Gasteiger partial charge in [0.25, 0.3) is 5.56 Å². The van der Waals surface area contributed by atoms with Gasteiger partial charge in [0.2, 0.25) is 5.95 Å². The molecule has 1 saturated heterocycles. The first kappa shape index (κ1) is 21.5. The summed E-state index contributed by atoms with van der Waals surface area (Å²) in [6.45, 7) is 3.08. The van der Waals surface area contributed by atoms with E-state index < -0.39 is 5.82 Å². The van der Waals surface area contributed by atoms with Crippen LogP contribution in [-0.2, 0) is 18.8 Å². The van der Waals surface area contributed by atoms with Gasteiger partial charge in [-0.25, -0.2) is 19.3 Å². The lowest BCUT2D eigenvalue weighted by molar-refractivity contribution is 0.0361. The quantitative estimate of drug-likeness (QED) is 0.455. The van der Waals surface area contributed by atoms with E-state index in [0.29, 0.717) is 31.5 Å². The molecule has 1 aromatic carbocycles. The molecule has 1 aliphatic rings. The zero-order valence-corrected chi connectivity index (χ0v) is 19.0. The van der Waals surface area contributed by atoms with Crippen LogP contribution in [0.15, 0.2) is 35.3 Å². The molecule has 0 saturated carbocycles. The monoisotopic (exact) mass is 469 g/mol. The normalized spacial score (nSPS) is 16.5. The van der Waals surface area contributed by atoms with Crippen LogP contribution in [0.5, 0.6) is 0 Å². The van der Waals surface area contributed by atoms with Crippen LogP contribution in [0.25, 0.3) is 22.3 Å². The van der Waals surface area contributed by atoms with Crippen LogP contribution in [0.4, 0.5) is 10.3 Å². The Bertz CT molecular complexity index is 1430. The first-order valence-electron chi connectivity index (χ1n) is 10.4. The average Bonchev–Trinajstić information content (AvgIpc) is 3.24. The van der Waals surface area contributed by atoms with Crippen molar-refractivity contribution >= 4 is 28.6 Å². The molecule has 0 bridgehead atoms. The predicted molar refractivity (Wildman–Crippen MR) is 122 cm³/mol. The number of ether oxygens (including phenoxy) is 1. The smallest absolute Gasteiger partial charge is 0.279 e. The molecule has 11 heteroatoms. The molecule has 33 heavy (non-hydrogen) atoms. The van der Waals surface area contributed by atoms with E-state index in [0.717, 1.165) is 5.69 Å². The minimum Gasteiger partial charge on any atom is -0.368 e. The molecule has 0 N–H and O–H groups in total. The van der Waals surface area contributed by atoms with Gasteiger partial charge in [-0.3, -0.25) is 14.0 Å². The average molecular weight is 470 g/mol. The van der Waals surface area contributed by atoms with E-state index in [1.54, 1.807) is 24.7 Å². The van der Waals surface area contributed by atoms with Crippen LogP contribution in [-0.4, -0.2) is 49.0 Å². The highest BCUT2D eigenvalue weighted by molar-refractivity contribution is 6.30. The van der Waals surface area contributed by atoms with Crippen LogP contribution in [0.1, 0.15) is 17.6 Å². The third kappa shape index (κ3) is 3.85. The van der Waals surface area contributed by atoms with E-state index in [1.807, 2.05) is 24.2 Å². The molecule has 0 radical (unpaired) electrons. The van der Waals surface area contributed by atoms with E-state index in [9.17, 15) is 9.18 Å². The van der Waals surface area contributed by atoms with Crippen molar-refractivity contribution in [3.8, 4) is 11.3 Å². The van der Waals surface area contributed by atoms with Gasteiger partial charge in [0, 0.05) is 37.4 Å². The molecule has 0 aliphatic carbocycles. The number of nitrogens with zero attached hydrogens (tertiary/aromatic N) is 7. The molecule has 4 aromatic rings. The van der Waals surface area contributed by atoms with Crippen LogP contribution in [0, 0.1) is 12.7 Å². The highest BCUT2D eigenvalue weighted by Gasteiger charge is 2.27. The van der Waals surface area contributed by atoms with Gasteiger partial charge >= 0.3 is 0 Å². The summed E-state index contributed by atoms with van der Waals surface area (Å²) < 4.78 is 23.9. The Hall–Kier alpha value is -3.37. The fraction of sp³-hybridized carbons (Fsp3) is 0.318. The first-order valence-corrected chi connectivity index (χ1v) is 10.8. The Kier molecular flexibility index (Phi) is 5.34. The van der Waals surface area contributed by atoms with Crippen LogP contribution in [0.3, 0.4) is 0 Å². The molecule has 0 amide bonds. The molecule has 9 nitrogen and oxygen atoms in total. The molecule has 170 valence electrons. The van der Waals surface area contributed by atoms with Crippen molar-refractivity contribution in [3.05, 3.63) is 63.2 Å². The molecule has 0 spiro atoms. The second-order valence-corrected chi connectivity index (χ2v) is 8.37. The zero-order chi connectivity index (χ0) is 23.3. The predicted octanol–water partition coefficient (Wildman–Crippen LogP) is 2.80. The summed E-state index contributed by atoms with van der Waals surface area (Å²) in [5.74, 6) is 0.224. The van der Waals surface area contributed by atoms with Crippen molar-refractivity contribution in [1.29, 1.82) is 0 Å². The lowest BCUT2D eigenvalue weighted by Crippen LogP contribution is -2.40. The molecule has 1 atom stereocenters. The maximum absolute atomic E-state index is 14.9. The van der Waals surface area contributed by atoms with Crippen molar-refractivity contribution in [2.75, 3.05) is 24.6 Å². The number of anilines is 1. The van der Waals surface area contributed by atoms with E-state index in [-0.39, 0.29) is 39.0 Å². The van der Waals surface area contributed by atoms with Crippen LogP contribution in [0.2, 0.25) is 5.02 Å². The van der Waals surface area contributed by atoms with Gasteiger partial charge in [-0.05, 0) is 31.2 Å². The van der Waals surface area contributed by atoms with Crippen LogP contribution < -0.4 is 10.5 Å². The molecule has 4 heterocycles. The Labute approximate surface area is 193 Å². The fourth-order valence-electron chi connectivity index (χ4n) is 3.87. The van der Waals surface area contributed by atoms with Crippen molar-refractivity contribution < 1.29 is 9.13 Å². The van der Waals surface area contributed by atoms with Crippen molar-refractivity contribution in [2.45, 2.75) is 13.0 Å². The lowest BCUT2D eigenvalue weighted by atomic mass is 10.1. The van der Waals surface area contributed by atoms with Crippen molar-refractivity contribution in [1.82, 2.24) is 29.3 Å². The third-order valence-corrected chi connectivity index (χ3v) is 5.97. The maximum atomic E-state index is 14.9. The largest absolute Gasteiger partial charge is 0.368 e. The minimum absolute atomic E-state index is 0.123. The summed E-state index contributed by atoms with van der Waals surface area (Å²) in [6, 6.07) is 6.22. The summed E-state index contributed by atoms with van der Waals surface area (Å²) in [5.41, 5.74) is 1.27. The number of hydrogen-bond donors (Lipinski definition) is 0. The van der Waals surface area contributed by atoms with Gasteiger partial charge in [0.1, 0.15) is 29.0 Å². The van der Waals surface area contributed by atoms with Gasteiger partial charge in [-0.15, -0.1) is 0 Å². The Balaban J connectivity index is 1.67. The molecule has 1 unspecified atom stereocenters. The van der Waals surface area contributed by atoms with E-state index >= 15 is 0 Å². The number of aryl methyl sites for hydroxylation is 2. The van der Waals surface area contributed by atoms with Gasteiger partial charge < -0.3 is 9.64 Å². The van der Waals surface area contributed by atoms with Gasteiger partial charge in [0.05, 0.1) is 18.8 Å². The maximum Gasteiger partial charge on any atom is 0.279 e. The third-order valence-electron chi connectivity index (χ3n) is 5.74. The second-order valence-electron chi connectivity index (χ2n) is 7.94. The van der Waals surface area contributed by atoms with Crippen LogP contribution >= 0.6 is 11.6 Å². The standard InChI is InChI=1S/C22H21ClFN7O2/c1-12-25-19-18(14-5-4-13(23)10-15(14)24)26-22(27-20(19)21(32)30(12)3)31-8-9-33-17(11-31)16-6-7-29(2)28-16/h4-7,10,17H,8-9,11H2,1-3H3. The number of halogens is 2. The van der Waals surface area contributed by atoms with Crippen molar-refractivity contribution in [2.24, 2.45) is 14.1 Å². The summed E-state index contributed by atoms with van der Waals surface area (Å²) >= 11 is 5.95.